The third kappa shape index (κ3) is 4.23. The number of rotatable bonds is 6. The fourth-order valence-electron chi connectivity index (χ4n) is 1.83. The predicted octanol–water partition coefficient (Wildman–Crippen LogP) is 5.13. The molecule has 0 bridgehead atoms. The Morgan fingerprint density at radius 1 is 1.15 bits per heavy atom. The van der Waals surface area contributed by atoms with Crippen LogP contribution in [0.2, 0.25) is 5.02 Å². The van der Waals surface area contributed by atoms with Crippen molar-refractivity contribution in [1.82, 2.24) is 5.32 Å². The standard InChI is InChI=1S/C16H17ClFNS/c1-2-10-19-11-12-4-3-5-15(17)16(12)20-14-8-6-13(18)7-9-14/h3-9,19H,2,10-11H2,1H3. The molecule has 0 heterocycles. The minimum atomic E-state index is -0.224. The van der Waals surface area contributed by atoms with Crippen LogP contribution in [-0.4, -0.2) is 6.54 Å². The van der Waals surface area contributed by atoms with Crippen LogP contribution in [0.3, 0.4) is 0 Å². The van der Waals surface area contributed by atoms with Crippen molar-refractivity contribution in [3.63, 3.8) is 0 Å². The van der Waals surface area contributed by atoms with E-state index in [4.69, 9.17) is 11.6 Å². The number of hydrogen-bond donors (Lipinski definition) is 1. The van der Waals surface area contributed by atoms with E-state index in [1.165, 1.54) is 17.7 Å². The van der Waals surface area contributed by atoms with E-state index in [1.807, 2.05) is 12.1 Å². The minimum Gasteiger partial charge on any atom is -0.313 e. The van der Waals surface area contributed by atoms with E-state index in [-0.39, 0.29) is 5.82 Å². The zero-order chi connectivity index (χ0) is 14.4. The Morgan fingerprint density at radius 3 is 2.60 bits per heavy atom. The van der Waals surface area contributed by atoms with Gasteiger partial charge in [-0.15, -0.1) is 0 Å². The summed E-state index contributed by atoms with van der Waals surface area (Å²) >= 11 is 7.87. The molecule has 0 aliphatic rings. The van der Waals surface area contributed by atoms with E-state index in [9.17, 15) is 4.39 Å². The quantitative estimate of drug-likeness (QED) is 0.742. The molecule has 0 spiro atoms. The predicted molar refractivity (Wildman–Crippen MR) is 84.0 cm³/mol. The van der Waals surface area contributed by atoms with Gasteiger partial charge in [0.05, 0.1) is 5.02 Å². The topological polar surface area (TPSA) is 12.0 Å². The first kappa shape index (κ1) is 15.4. The lowest BCUT2D eigenvalue weighted by Crippen LogP contribution is -2.14. The molecule has 0 atom stereocenters. The molecular formula is C16H17ClFNS. The monoisotopic (exact) mass is 309 g/mol. The lowest BCUT2D eigenvalue weighted by atomic mass is 10.2. The van der Waals surface area contributed by atoms with Gasteiger partial charge in [-0.1, -0.05) is 42.4 Å². The summed E-state index contributed by atoms with van der Waals surface area (Å²) in [6.07, 6.45) is 1.10. The maximum absolute atomic E-state index is 12.9. The molecule has 0 radical (unpaired) electrons. The maximum atomic E-state index is 12.9. The summed E-state index contributed by atoms with van der Waals surface area (Å²) in [4.78, 5) is 2.01. The molecule has 2 rings (SSSR count). The van der Waals surface area contributed by atoms with Crippen LogP contribution in [0.1, 0.15) is 18.9 Å². The van der Waals surface area contributed by atoms with Gasteiger partial charge in [-0.2, -0.15) is 0 Å². The molecule has 20 heavy (non-hydrogen) atoms. The van der Waals surface area contributed by atoms with Crippen LogP contribution >= 0.6 is 23.4 Å². The van der Waals surface area contributed by atoms with Crippen molar-refractivity contribution in [2.75, 3.05) is 6.54 Å². The second-order valence-electron chi connectivity index (χ2n) is 4.46. The van der Waals surface area contributed by atoms with Gasteiger partial charge in [-0.3, -0.25) is 0 Å². The fraction of sp³-hybridized carbons (Fsp3) is 0.250. The number of halogens is 2. The molecule has 0 amide bonds. The first-order valence-corrected chi connectivity index (χ1v) is 7.81. The van der Waals surface area contributed by atoms with Gasteiger partial charge in [0.15, 0.2) is 0 Å². The highest BCUT2D eigenvalue weighted by molar-refractivity contribution is 7.99. The Morgan fingerprint density at radius 2 is 1.90 bits per heavy atom. The largest absolute Gasteiger partial charge is 0.313 e. The molecule has 0 aliphatic carbocycles. The van der Waals surface area contributed by atoms with Crippen molar-refractivity contribution in [3.8, 4) is 0 Å². The lowest BCUT2D eigenvalue weighted by Gasteiger charge is -2.12. The molecule has 0 aliphatic heterocycles. The van der Waals surface area contributed by atoms with E-state index in [2.05, 4.69) is 18.3 Å². The number of benzene rings is 2. The molecule has 0 unspecified atom stereocenters. The molecule has 4 heteroatoms. The second-order valence-corrected chi connectivity index (χ2v) is 5.95. The van der Waals surface area contributed by atoms with E-state index in [0.717, 1.165) is 34.3 Å². The highest BCUT2D eigenvalue weighted by atomic mass is 35.5. The summed E-state index contributed by atoms with van der Waals surface area (Å²) in [5, 5.41) is 4.11. The maximum Gasteiger partial charge on any atom is 0.123 e. The van der Waals surface area contributed by atoms with Gasteiger partial charge in [0.1, 0.15) is 5.82 Å². The SMILES string of the molecule is CCCNCc1cccc(Cl)c1Sc1ccc(F)cc1. The summed E-state index contributed by atoms with van der Waals surface area (Å²) < 4.78 is 12.9. The van der Waals surface area contributed by atoms with Crippen molar-refractivity contribution in [2.24, 2.45) is 0 Å². The van der Waals surface area contributed by atoms with Gasteiger partial charge in [0.2, 0.25) is 0 Å². The molecule has 0 saturated carbocycles. The van der Waals surface area contributed by atoms with Crippen LogP contribution in [0.5, 0.6) is 0 Å². The van der Waals surface area contributed by atoms with Crippen LogP contribution < -0.4 is 5.32 Å². The average molecular weight is 310 g/mol. The highest BCUT2D eigenvalue weighted by Gasteiger charge is 2.08. The third-order valence-electron chi connectivity index (χ3n) is 2.82. The molecule has 0 aromatic heterocycles. The Bertz CT molecular complexity index is 557. The Kier molecular flexibility index (Phi) is 5.89. The molecule has 0 fully saturated rings. The minimum absolute atomic E-state index is 0.224. The van der Waals surface area contributed by atoms with Gasteiger partial charge in [-0.25, -0.2) is 4.39 Å². The van der Waals surface area contributed by atoms with Crippen LogP contribution in [0.15, 0.2) is 52.3 Å². The van der Waals surface area contributed by atoms with Gasteiger partial charge >= 0.3 is 0 Å². The van der Waals surface area contributed by atoms with Crippen molar-refractivity contribution in [2.45, 2.75) is 29.7 Å². The first-order valence-electron chi connectivity index (χ1n) is 6.62. The van der Waals surface area contributed by atoms with Crippen molar-refractivity contribution < 1.29 is 4.39 Å². The summed E-state index contributed by atoms with van der Waals surface area (Å²) in [6, 6.07) is 12.4. The Hall–Kier alpha value is -1.03. The molecule has 2 aromatic rings. The summed E-state index contributed by atoms with van der Waals surface area (Å²) in [6.45, 7) is 3.91. The van der Waals surface area contributed by atoms with Crippen molar-refractivity contribution >= 4 is 23.4 Å². The first-order chi connectivity index (χ1) is 9.70. The van der Waals surface area contributed by atoms with E-state index >= 15 is 0 Å². The second kappa shape index (κ2) is 7.67. The summed E-state index contributed by atoms with van der Waals surface area (Å²) in [7, 11) is 0. The van der Waals surface area contributed by atoms with E-state index in [0.29, 0.717) is 0 Å². The number of hydrogen-bond acceptors (Lipinski definition) is 2. The molecule has 1 N–H and O–H groups in total. The van der Waals surface area contributed by atoms with Crippen LogP contribution in [0, 0.1) is 5.82 Å². The molecule has 2 aromatic carbocycles. The van der Waals surface area contributed by atoms with Gasteiger partial charge in [0, 0.05) is 16.3 Å². The molecule has 106 valence electrons. The van der Waals surface area contributed by atoms with Gasteiger partial charge < -0.3 is 5.32 Å². The van der Waals surface area contributed by atoms with Gasteiger partial charge in [-0.05, 0) is 48.9 Å². The smallest absolute Gasteiger partial charge is 0.123 e. The lowest BCUT2D eigenvalue weighted by molar-refractivity contribution is 0.626. The Labute approximate surface area is 128 Å². The Balaban J connectivity index is 2.18. The zero-order valence-electron chi connectivity index (χ0n) is 11.3. The summed E-state index contributed by atoms with van der Waals surface area (Å²) in [5.74, 6) is -0.224. The molecular weight excluding hydrogens is 293 g/mol. The normalized spacial score (nSPS) is 10.8. The number of nitrogens with one attached hydrogen (secondary N) is 1. The third-order valence-corrected chi connectivity index (χ3v) is 4.45. The fourth-order valence-corrected chi connectivity index (χ4v) is 3.08. The van der Waals surface area contributed by atoms with Crippen LogP contribution in [0.4, 0.5) is 4.39 Å². The zero-order valence-corrected chi connectivity index (χ0v) is 12.9. The van der Waals surface area contributed by atoms with Crippen molar-refractivity contribution in [1.29, 1.82) is 0 Å². The molecule has 0 saturated heterocycles. The highest BCUT2D eigenvalue weighted by Crippen LogP contribution is 2.36. The van der Waals surface area contributed by atoms with Gasteiger partial charge in [0.25, 0.3) is 0 Å². The van der Waals surface area contributed by atoms with Crippen LogP contribution in [-0.2, 0) is 6.54 Å². The average Bonchev–Trinajstić information content (AvgIpc) is 2.45. The van der Waals surface area contributed by atoms with Crippen LogP contribution in [0.25, 0.3) is 0 Å². The summed E-state index contributed by atoms with van der Waals surface area (Å²) in [5.41, 5.74) is 1.17. The van der Waals surface area contributed by atoms with Crippen molar-refractivity contribution in [3.05, 3.63) is 58.9 Å². The van der Waals surface area contributed by atoms with E-state index < -0.39 is 0 Å². The molecule has 1 nitrogen and oxygen atoms in total. The van der Waals surface area contributed by atoms with E-state index in [1.54, 1.807) is 23.9 Å².